The lowest BCUT2D eigenvalue weighted by atomic mass is 10.2. The van der Waals surface area contributed by atoms with E-state index in [0.717, 1.165) is 17.2 Å². The van der Waals surface area contributed by atoms with E-state index in [-0.39, 0.29) is 5.91 Å². The lowest BCUT2D eigenvalue weighted by Gasteiger charge is -2.10. The van der Waals surface area contributed by atoms with Gasteiger partial charge >= 0.3 is 0 Å². The van der Waals surface area contributed by atoms with Crippen molar-refractivity contribution in [3.8, 4) is 5.82 Å². The van der Waals surface area contributed by atoms with Gasteiger partial charge in [0.25, 0.3) is 5.91 Å². The van der Waals surface area contributed by atoms with Crippen molar-refractivity contribution in [2.24, 2.45) is 0 Å². The summed E-state index contributed by atoms with van der Waals surface area (Å²) in [6.45, 7) is 3.91. The van der Waals surface area contributed by atoms with E-state index in [4.69, 9.17) is 0 Å². The molecule has 18 heavy (non-hydrogen) atoms. The second-order valence-electron chi connectivity index (χ2n) is 4.44. The summed E-state index contributed by atoms with van der Waals surface area (Å²) >= 11 is 0. The van der Waals surface area contributed by atoms with Crippen molar-refractivity contribution >= 4 is 5.91 Å². The minimum absolute atomic E-state index is 0.0533. The predicted molar refractivity (Wildman–Crippen MR) is 68.9 cm³/mol. The van der Waals surface area contributed by atoms with E-state index in [1.54, 1.807) is 37.1 Å². The number of aromatic nitrogens is 3. The normalized spacial score (nSPS) is 10.4. The van der Waals surface area contributed by atoms with E-state index in [1.807, 2.05) is 19.9 Å². The molecule has 94 valence electrons. The Hall–Kier alpha value is -2.17. The lowest BCUT2D eigenvalue weighted by Crippen LogP contribution is -2.21. The van der Waals surface area contributed by atoms with E-state index in [0.29, 0.717) is 5.56 Å². The lowest BCUT2D eigenvalue weighted by molar-refractivity contribution is 0.0827. The molecule has 0 bridgehead atoms. The molecule has 0 aromatic carbocycles. The SMILES string of the molecule is Cc1cc(C)n(-c2ccc(C(=O)N(C)C)cn2)n1. The third-order valence-electron chi connectivity index (χ3n) is 2.63. The van der Waals surface area contributed by atoms with Gasteiger partial charge in [-0.2, -0.15) is 5.10 Å². The maximum absolute atomic E-state index is 11.7. The number of rotatable bonds is 2. The van der Waals surface area contributed by atoms with Crippen LogP contribution in [0.25, 0.3) is 5.82 Å². The molecule has 2 aromatic heterocycles. The monoisotopic (exact) mass is 244 g/mol. The summed E-state index contributed by atoms with van der Waals surface area (Å²) in [7, 11) is 3.44. The molecule has 0 N–H and O–H groups in total. The third kappa shape index (κ3) is 2.25. The first kappa shape index (κ1) is 12.3. The average Bonchev–Trinajstić information content (AvgIpc) is 2.67. The summed E-state index contributed by atoms with van der Waals surface area (Å²) in [5.41, 5.74) is 2.54. The minimum atomic E-state index is -0.0533. The maximum Gasteiger partial charge on any atom is 0.254 e. The fourth-order valence-electron chi connectivity index (χ4n) is 1.76. The minimum Gasteiger partial charge on any atom is -0.345 e. The van der Waals surface area contributed by atoms with E-state index in [9.17, 15) is 4.79 Å². The molecule has 0 radical (unpaired) electrons. The van der Waals surface area contributed by atoms with Crippen molar-refractivity contribution in [3.63, 3.8) is 0 Å². The molecule has 1 amide bonds. The summed E-state index contributed by atoms with van der Waals surface area (Å²) in [6.07, 6.45) is 1.58. The summed E-state index contributed by atoms with van der Waals surface area (Å²) in [5, 5.41) is 4.35. The summed E-state index contributed by atoms with van der Waals surface area (Å²) in [4.78, 5) is 17.5. The highest BCUT2D eigenvalue weighted by Gasteiger charge is 2.10. The van der Waals surface area contributed by atoms with Crippen molar-refractivity contribution < 1.29 is 4.79 Å². The van der Waals surface area contributed by atoms with Gasteiger partial charge < -0.3 is 4.90 Å². The van der Waals surface area contributed by atoms with Crippen molar-refractivity contribution in [2.75, 3.05) is 14.1 Å². The Kier molecular flexibility index (Phi) is 3.14. The molecule has 0 saturated carbocycles. The van der Waals surface area contributed by atoms with Crippen LogP contribution in [0.15, 0.2) is 24.4 Å². The number of carbonyl (C=O) groups is 1. The number of pyridine rings is 1. The van der Waals surface area contributed by atoms with E-state index in [2.05, 4.69) is 10.1 Å². The third-order valence-corrected chi connectivity index (χ3v) is 2.63. The predicted octanol–water partition coefficient (Wildman–Crippen LogP) is 1.59. The van der Waals surface area contributed by atoms with Gasteiger partial charge in [0.2, 0.25) is 0 Å². The largest absolute Gasteiger partial charge is 0.345 e. The van der Waals surface area contributed by atoms with E-state index < -0.39 is 0 Å². The van der Waals surface area contributed by atoms with Crippen LogP contribution in [-0.4, -0.2) is 39.7 Å². The highest BCUT2D eigenvalue weighted by atomic mass is 16.2. The van der Waals surface area contributed by atoms with Gasteiger partial charge in [0, 0.05) is 26.0 Å². The Morgan fingerprint density at radius 2 is 2.00 bits per heavy atom. The van der Waals surface area contributed by atoms with Gasteiger partial charge in [-0.1, -0.05) is 0 Å². The fourth-order valence-corrected chi connectivity index (χ4v) is 1.76. The van der Waals surface area contributed by atoms with Crippen LogP contribution in [0.1, 0.15) is 21.7 Å². The molecule has 5 heteroatoms. The van der Waals surface area contributed by atoms with Crippen LogP contribution in [0.3, 0.4) is 0 Å². The highest BCUT2D eigenvalue weighted by molar-refractivity contribution is 5.93. The van der Waals surface area contributed by atoms with Crippen LogP contribution in [0.4, 0.5) is 0 Å². The number of carbonyl (C=O) groups excluding carboxylic acids is 1. The zero-order chi connectivity index (χ0) is 13.3. The smallest absolute Gasteiger partial charge is 0.254 e. The molecule has 0 aliphatic heterocycles. The number of nitrogens with zero attached hydrogens (tertiary/aromatic N) is 4. The number of hydrogen-bond donors (Lipinski definition) is 0. The number of hydrogen-bond acceptors (Lipinski definition) is 3. The molecule has 0 unspecified atom stereocenters. The Balaban J connectivity index is 2.33. The van der Waals surface area contributed by atoms with Gasteiger partial charge in [0.15, 0.2) is 5.82 Å². The van der Waals surface area contributed by atoms with Crippen LogP contribution in [0.2, 0.25) is 0 Å². The first-order valence-electron chi connectivity index (χ1n) is 5.70. The Bertz CT molecular complexity index is 569. The van der Waals surface area contributed by atoms with E-state index >= 15 is 0 Å². The van der Waals surface area contributed by atoms with Crippen molar-refractivity contribution in [1.29, 1.82) is 0 Å². The summed E-state index contributed by atoms with van der Waals surface area (Å²) in [5.74, 6) is 0.665. The standard InChI is InChI=1S/C13H16N4O/c1-9-7-10(2)17(15-9)12-6-5-11(8-14-12)13(18)16(3)4/h5-8H,1-4H3. The maximum atomic E-state index is 11.7. The first-order chi connectivity index (χ1) is 8.49. The topological polar surface area (TPSA) is 51.0 Å². The van der Waals surface area contributed by atoms with Crippen molar-refractivity contribution in [1.82, 2.24) is 19.7 Å². The van der Waals surface area contributed by atoms with Gasteiger partial charge in [-0.15, -0.1) is 0 Å². The quantitative estimate of drug-likeness (QED) is 0.806. The van der Waals surface area contributed by atoms with Crippen LogP contribution in [-0.2, 0) is 0 Å². The van der Waals surface area contributed by atoms with Gasteiger partial charge in [-0.25, -0.2) is 9.67 Å². The molecule has 2 rings (SSSR count). The second-order valence-corrected chi connectivity index (χ2v) is 4.44. The molecule has 0 aliphatic rings. The Labute approximate surface area is 106 Å². The van der Waals surface area contributed by atoms with Gasteiger partial charge in [-0.3, -0.25) is 4.79 Å². The molecule has 2 aromatic rings. The van der Waals surface area contributed by atoms with Gasteiger partial charge in [-0.05, 0) is 32.0 Å². The number of amides is 1. The average molecular weight is 244 g/mol. The molecular weight excluding hydrogens is 228 g/mol. The molecule has 2 heterocycles. The van der Waals surface area contributed by atoms with Gasteiger partial charge in [0.05, 0.1) is 11.3 Å². The molecular formula is C13H16N4O. The summed E-state index contributed by atoms with van der Waals surface area (Å²) < 4.78 is 1.76. The zero-order valence-electron chi connectivity index (χ0n) is 11.0. The fraction of sp³-hybridized carbons (Fsp3) is 0.308. The Morgan fingerprint density at radius 3 is 2.44 bits per heavy atom. The molecule has 0 fully saturated rings. The molecule has 0 aliphatic carbocycles. The molecule has 0 atom stereocenters. The van der Waals surface area contributed by atoms with Crippen LogP contribution in [0, 0.1) is 13.8 Å². The van der Waals surface area contributed by atoms with Crippen LogP contribution >= 0.6 is 0 Å². The highest BCUT2D eigenvalue weighted by Crippen LogP contribution is 2.10. The zero-order valence-corrected chi connectivity index (χ0v) is 11.0. The van der Waals surface area contributed by atoms with Crippen LogP contribution in [0.5, 0.6) is 0 Å². The first-order valence-corrected chi connectivity index (χ1v) is 5.70. The summed E-state index contributed by atoms with van der Waals surface area (Å²) in [6, 6.07) is 5.55. The van der Waals surface area contributed by atoms with Crippen molar-refractivity contribution in [2.45, 2.75) is 13.8 Å². The van der Waals surface area contributed by atoms with Gasteiger partial charge in [0.1, 0.15) is 0 Å². The van der Waals surface area contributed by atoms with Crippen LogP contribution < -0.4 is 0 Å². The number of aryl methyl sites for hydroxylation is 2. The Morgan fingerprint density at radius 1 is 1.28 bits per heavy atom. The molecule has 0 saturated heterocycles. The molecule has 5 nitrogen and oxygen atoms in total. The molecule has 0 spiro atoms. The second kappa shape index (κ2) is 4.60. The van der Waals surface area contributed by atoms with Crippen molar-refractivity contribution in [3.05, 3.63) is 41.3 Å². The van der Waals surface area contributed by atoms with E-state index in [1.165, 1.54) is 4.90 Å².